The van der Waals surface area contributed by atoms with Crippen molar-refractivity contribution in [3.05, 3.63) is 10.4 Å². The molecule has 29 heavy (non-hydrogen) atoms. The van der Waals surface area contributed by atoms with Gasteiger partial charge >= 0.3 is 6.03 Å². The molecule has 164 valence electrons. The van der Waals surface area contributed by atoms with E-state index in [9.17, 15) is 14.7 Å². The number of hydrogen-bond acceptors (Lipinski definition) is 6. The molecule has 2 fully saturated rings. The summed E-state index contributed by atoms with van der Waals surface area (Å²) in [6.07, 6.45) is 3.92. The van der Waals surface area contributed by atoms with Gasteiger partial charge in [0.2, 0.25) is 0 Å². The number of nitrogens with one attached hydrogen (secondary N) is 1. The highest BCUT2D eigenvalue weighted by Gasteiger charge is 2.54. The summed E-state index contributed by atoms with van der Waals surface area (Å²) in [5.41, 5.74) is 8.72. The molecule has 0 spiro atoms. The van der Waals surface area contributed by atoms with Crippen LogP contribution in [0.4, 0.5) is 4.79 Å². The Labute approximate surface area is 175 Å². The number of aliphatic hydroxyl groups excluding tert-OH is 1. The van der Waals surface area contributed by atoms with Crippen LogP contribution in [-0.4, -0.2) is 64.6 Å². The SMILES string of the molecule is CCCCCCCCOC1N(C2CC(N=[N+]=[N-])C(CO)O2)C(=O)NC(=O)[C@]1(C)Cl. The standard InChI is InChI=1S/C18H30ClN5O5/c1-3-4-5-6-7-8-9-28-16-18(2,19)15(26)21-17(27)24(16)14-10-12(22-23-20)13(11-25)29-14/h12-14,16,25H,3-11H2,1-2H3,(H,21,26,27)/t12?,13?,14?,16?,18-/m0/s1. The van der Waals surface area contributed by atoms with Gasteiger partial charge in [-0.3, -0.25) is 15.0 Å². The Hall–Kier alpha value is -1.58. The highest BCUT2D eigenvalue weighted by molar-refractivity contribution is 6.36. The van der Waals surface area contributed by atoms with E-state index in [0.717, 1.165) is 19.3 Å². The Morgan fingerprint density at radius 1 is 1.38 bits per heavy atom. The third-order valence-corrected chi connectivity index (χ3v) is 5.64. The summed E-state index contributed by atoms with van der Waals surface area (Å²) in [7, 11) is 0. The van der Waals surface area contributed by atoms with E-state index < -0.39 is 41.4 Å². The van der Waals surface area contributed by atoms with Crippen molar-refractivity contribution in [2.75, 3.05) is 13.2 Å². The zero-order chi connectivity index (χ0) is 21.4. The lowest BCUT2D eigenvalue weighted by molar-refractivity contribution is -0.161. The Balaban J connectivity index is 2.07. The molecule has 0 bridgehead atoms. The molecule has 4 unspecified atom stereocenters. The zero-order valence-corrected chi connectivity index (χ0v) is 17.7. The number of azide groups is 1. The predicted octanol–water partition coefficient (Wildman–Crippen LogP) is 3.03. The second kappa shape index (κ2) is 11.0. The molecule has 3 amide bonds. The van der Waals surface area contributed by atoms with Crippen LogP contribution < -0.4 is 5.32 Å². The van der Waals surface area contributed by atoms with Crippen molar-refractivity contribution >= 4 is 23.5 Å². The lowest BCUT2D eigenvalue weighted by Gasteiger charge is -2.45. The molecule has 0 aromatic carbocycles. The number of halogens is 1. The highest BCUT2D eigenvalue weighted by atomic mass is 35.5. The van der Waals surface area contributed by atoms with Gasteiger partial charge in [0.05, 0.1) is 18.8 Å². The van der Waals surface area contributed by atoms with Gasteiger partial charge in [0.15, 0.2) is 11.1 Å². The summed E-state index contributed by atoms with van der Waals surface area (Å²) in [5.74, 6) is -0.642. The molecular weight excluding hydrogens is 402 g/mol. The van der Waals surface area contributed by atoms with Gasteiger partial charge in [-0.15, -0.1) is 11.6 Å². The first kappa shape index (κ1) is 23.7. The molecule has 0 saturated carbocycles. The second-order valence-electron chi connectivity index (χ2n) is 7.55. The van der Waals surface area contributed by atoms with Crippen molar-refractivity contribution in [1.82, 2.24) is 10.2 Å². The van der Waals surface area contributed by atoms with Crippen molar-refractivity contribution in [1.29, 1.82) is 0 Å². The fourth-order valence-electron chi connectivity index (χ4n) is 3.60. The molecule has 2 rings (SSSR count). The fourth-order valence-corrected chi connectivity index (χ4v) is 3.81. The van der Waals surface area contributed by atoms with Gasteiger partial charge in [-0.1, -0.05) is 44.1 Å². The lowest BCUT2D eigenvalue weighted by atomic mass is 10.0. The highest BCUT2D eigenvalue weighted by Crippen LogP contribution is 2.35. The molecule has 2 saturated heterocycles. The van der Waals surface area contributed by atoms with E-state index in [1.807, 2.05) is 0 Å². The Bertz CT molecular complexity index is 628. The van der Waals surface area contributed by atoms with Crippen LogP contribution in [0.3, 0.4) is 0 Å². The molecule has 2 N–H and O–H groups in total. The van der Waals surface area contributed by atoms with Crippen LogP contribution in [0.15, 0.2) is 5.11 Å². The summed E-state index contributed by atoms with van der Waals surface area (Å²) >= 11 is 6.46. The Kier molecular flexibility index (Phi) is 8.98. The van der Waals surface area contributed by atoms with Crippen molar-refractivity contribution in [2.24, 2.45) is 5.11 Å². The third-order valence-electron chi connectivity index (χ3n) is 5.28. The number of hydrogen-bond donors (Lipinski definition) is 2. The minimum absolute atomic E-state index is 0.167. The summed E-state index contributed by atoms with van der Waals surface area (Å²) < 4.78 is 11.6. The van der Waals surface area contributed by atoms with Crippen molar-refractivity contribution in [3.8, 4) is 0 Å². The van der Waals surface area contributed by atoms with Crippen LogP contribution in [0.5, 0.6) is 0 Å². The van der Waals surface area contributed by atoms with E-state index in [2.05, 4.69) is 22.3 Å². The number of rotatable bonds is 11. The zero-order valence-electron chi connectivity index (χ0n) is 16.9. The number of nitrogens with zero attached hydrogens (tertiary/aromatic N) is 4. The fraction of sp³-hybridized carbons (Fsp3) is 0.889. The van der Waals surface area contributed by atoms with Gasteiger partial charge in [0.25, 0.3) is 5.91 Å². The molecule has 10 nitrogen and oxygen atoms in total. The predicted molar refractivity (Wildman–Crippen MR) is 106 cm³/mol. The Morgan fingerprint density at radius 2 is 2.07 bits per heavy atom. The minimum Gasteiger partial charge on any atom is -0.394 e. The van der Waals surface area contributed by atoms with Gasteiger partial charge in [0, 0.05) is 17.9 Å². The van der Waals surface area contributed by atoms with Crippen LogP contribution in [0.1, 0.15) is 58.8 Å². The molecule has 11 heteroatoms. The normalized spacial score (nSPS) is 32.2. The number of carbonyl (C=O) groups excluding carboxylic acids is 2. The first-order valence-corrected chi connectivity index (χ1v) is 10.5. The van der Waals surface area contributed by atoms with Crippen LogP contribution in [0.2, 0.25) is 0 Å². The molecule has 2 aliphatic heterocycles. The van der Waals surface area contributed by atoms with E-state index in [1.165, 1.54) is 31.1 Å². The van der Waals surface area contributed by atoms with Gasteiger partial charge in [-0.05, 0) is 18.9 Å². The number of urea groups is 1. The van der Waals surface area contributed by atoms with Crippen LogP contribution in [0, 0.1) is 0 Å². The number of imide groups is 1. The van der Waals surface area contributed by atoms with E-state index in [1.54, 1.807) is 0 Å². The second-order valence-corrected chi connectivity index (χ2v) is 8.34. The monoisotopic (exact) mass is 431 g/mol. The van der Waals surface area contributed by atoms with Crippen LogP contribution >= 0.6 is 11.6 Å². The van der Waals surface area contributed by atoms with Gasteiger partial charge < -0.3 is 14.6 Å². The average Bonchev–Trinajstić information content (AvgIpc) is 3.07. The number of aliphatic hydroxyl groups is 1. The number of ether oxygens (including phenoxy) is 2. The summed E-state index contributed by atoms with van der Waals surface area (Å²) in [6, 6.07) is -1.33. The molecule has 0 aliphatic carbocycles. The Morgan fingerprint density at radius 3 is 2.72 bits per heavy atom. The first-order chi connectivity index (χ1) is 13.9. The van der Waals surface area contributed by atoms with E-state index in [-0.39, 0.29) is 13.0 Å². The van der Waals surface area contributed by atoms with Crippen molar-refractivity contribution < 1.29 is 24.2 Å². The van der Waals surface area contributed by atoms with E-state index >= 15 is 0 Å². The summed E-state index contributed by atoms with van der Waals surface area (Å²) in [4.78, 5) is 27.3. The average molecular weight is 432 g/mol. The van der Waals surface area contributed by atoms with E-state index in [4.69, 9.17) is 26.6 Å². The largest absolute Gasteiger partial charge is 0.394 e. The number of unbranched alkanes of at least 4 members (excludes halogenated alkanes) is 5. The van der Waals surface area contributed by atoms with Crippen LogP contribution in [-0.2, 0) is 14.3 Å². The maximum Gasteiger partial charge on any atom is 0.328 e. The first-order valence-electron chi connectivity index (χ1n) is 10.1. The van der Waals surface area contributed by atoms with Gasteiger partial charge in [0.1, 0.15) is 6.23 Å². The molecular formula is C18H30ClN5O5. The van der Waals surface area contributed by atoms with Crippen molar-refractivity contribution in [2.45, 2.75) is 88.3 Å². The molecule has 0 aromatic rings. The number of carbonyl (C=O) groups is 2. The number of amides is 3. The quantitative estimate of drug-likeness (QED) is 0.170. The van der Waals surface area contributed by atoms with Gasteiger partial charge in [-0.25, -0.2) is 4.79 Å². The molecule has 2 aliphatic rings. The van der Waals surface area contributed by atoms with Gasteiger partial charge in [-0.2, -0.15) is 0 Å². The lowest BCUT2D eigenvalue weighted by Crippen LogP contribution is -2.69. The molecule has 5 atom stereocenters. The molecule has 0 aromatic heterocycles. The molecule has 0 radical (unpaired) electrons. The van der Waals surface area contributed by atoms with Crippen LogP contribution in [0.25, 0.3) is 10.4 Å². The summed E-state index contributed by atoms with van der Waals surface area (Å²) in [5, 5.41) is 15.3. The maximum atomic E-state index is 12.6. The maximum absolute atomic E-state index is 12.6. The minimum atomic E-state index is -1.51. The third kappa shape index (κ3) is 5.73. The van der Waals surface area contributed by atoms with E-state index in [0.29, 0.717) is 6.61 Å². The smallest absolute Gasteiger partial charge is 0.328 e. The molecule has 2 heterocycles. The topological polar surface area (TPSA) is 137 Å². The van der Waals surface area contributed by atoms with Crippen molar-refractivity contribution in [3.63, 3.8) is 0 Å². The number of alkyl halides is 1. The summed E-state index contributed by atoms with van der Waals surface area (Å²) in [6.45, 7) is 3.61.